The van der Waals surface area contributed by atoms with Crippen LogP contribution in [0.2, 0.25) is 10.0 Å². The lowest BCUT2D eigenvalue weighted by molar-refractivity contribution is 0.0968. The summed E-state index contributed by atoms with van der Waals surface area (Å²) >= 11 is 12.0. The lowest BCUT2D eigenvalue weighted by atomic mass is 10.1. The van der Waals surface area contributed by atoms with Crippen LogP contribution in [-0.2, 0) is 0 Å². The number of carbonyl (C=O) groups is 1. The highest BCUT2D eigenvalue weighted by atomic mass is 35.5. The molecule has 2 aromatic carbocycles. The van der Waals surface area contributed by atoms with Crippen LogP contribution < -0.4 is 4.74 Å². The molecule has 1 saturated carbocycles. The lowest BCUT2D eigenvalue weighted by Gasteiger charge is -2.08. The van der Waals surface area contributed by atoms with Crippen LogP contribution in [-0.4, -0.2) is 5.78 Å². The van der Waals surface area contributed by atoms with Crippen molar-refractivity contribution in [2.75, 3.05) is 0 Å². The molecule has 0 N–H and O–H groups in total. The molecule has 0 amide bonds. The number of ether oxygens (including phenoxy) is 1. The third kappa shape index (κ3) is 2.97. The lowest BCUT2D eigenvalue weighted by Crippen LogP contribution is -2.02. The Kier molecular flexibility index (Phi) is 3.68. The summed E-state index contributed by atoms with van der Waals surface area (Å²) in [6.07, 6.45) is 1.94. The zero-order valence-corrected chi connectivity index (χ0v) is 12.1. The van der Waals surface area contributed by atoms with Gasteiger partial charge in [-0.1, -0.05) is 23.2 Å². The summed E-state index contributed by atoms with van der Waals surface area (Å²) in [6, 6.07) is 12.2. The quantitative estimate of drug-likeness (QED) is 0.709. The van der Waals surface area contributed by atoms with Crippen molar-refractivity contribution in [1.29, 1.82) is 0 Å². The van der Waals surface area contributed by atoms with Crippen LogP contribution in [0.15, 0.2) is 42.5 Å². The van der Waals surface area contributed by atoms with Crippen molar-refractivity contribution in [2.45, 2.75) is 12.8 Å². The van der Waals surface area contributed by atoms with Gasteiger partial charge in [-0.3, -0.25) is 4.79 Å². The van der Waals surface area contributed by atoms with Crippen LogP contribution in [0.25, 0.3) is 0 Å². The van der Waals surface area contributed by atoms with Crippen LogP contribution in [0, 0.1) is 5.92 Å². The molecule has 0 unspecified atom stereocenters. The van der Waals surface area contributed by atoms with Crippen molar-refractivity contribution < 1.29 is 9.53 Å². The van der Waals surface area contributed by atoms with Gasteiger partial charge < -0.3 is 4.74 Å². The van der Waals surface area contributed by atoms with Gasteiger partial charge in [0.15, 0.2) is 5.78 Å². The van der Waals surface area contributed by atoms with Crippen molar-refractivity contribution in [3.05, 3.63) is 58.1 Å². The number of carbonyl (C=O) groups excluding carboxylic acids is 1. The molecule has 0 radical (unpaired) electrons. The highest BCUT2D eigenvalue weighted by molar-refractivity contribution is 6.34. The Morgan fingerprint density at radius 1 is 1.00 bits per heavy atom. The molecule has 2 aromatic rings. The Balaban J connectivity index is 1.79. The Bertz CT molecular complexity index is 646. The molecule has 1 fully saturated rings. The first kappa shape index (κ1) is 13.5. The smallest absolute Gasteiger partial charge is 0.167 e. The second kappa shape index (κ2) is 5.47. The van der Waals surface area contributed by atoms with E-state index in [-0.39, 0.29) is 11.7 Å². The summed E-state index contributed by atoms with van der Waals surface area (Å²) in [5, 5.41) is 1.09. The predicted octanol–water partition coefficient (Wildman–Crippen LogP) is 5.38. The maximum absolute atomic E-state index is 12.0. The molecule has 2 nitrogen and oxygen atoms in total. The molecule has 0 atom stereocenters. The van der Waals surface area contributed by atoms with E-state index >= 15 is 0 Å². The van der Waals surface area contributed by atoms with Crippen LogP contribution in [0.1, 0.15) is 23.2 Å². The van der Waals surface area contributed by atoms with Gasteiger partial charge in [-0.15, -0.1) is 0 Å². The minimum absolute atomic E-state index is 0.132. The summed E-state index contributed by atoms with van der Waals surface area (Å²) < 4.78 is 5.67. The van der Waals surface area contributed by atoms with Gasteiger partial charge in [-0.05, 0) is 49.2 Å². The van der Waals surface area contributed by atoms with Gasteiger partial charge in [-0.2, -0.15) is 0 Å². The van der Waals surface area contributed by atoms with Crippen molar-refractivity contribution in [3.63, 3.8) is 0 Å². The molecule has 3 rings (SSSR count). The van der Waals surface area contributed by atoms with E-state index in [1.807, 2.05) is 0 Å². The highest BCUT2D eigenvalue weighted by Gasteiger charge is 2.31. The predicted molar refractivity (Wildman–Crippen MR) is 80.0 cm³/mol. The standard InChI is InChI=1S/C16H12Cl2O2/c17-11-3-5-12(6-4-11)20-13-7-8-14(15(18)9-13)16(19)10-1-2-10/h3-10H,1-2H2. The Hall–Kier alpha value is -1.51. The molecular weight excluding hydrogens is 295 g/mol. The molecule has 0 saturated heterocycles. The van der Waals surface area contributed by atoms with Crippen molar-refractivity contribution in [1.82, 2.24) is 0 Å². The largest absolute Gasteiger partial charge is 0.457 e. The Morgan fingerprint density at radius 2 is 1.65 bits per heavy atom. The number of halogens is 2. The van der Waals surface area contributed by atoms with E-state index in [9.17, 15) is 4.79 Å². The molecule has 20 heavy (non-hydrogen) atoms. The monoisotopic (exact) mass is 306 g/mol. The third-order valence-corrected chi connectivity index (χ3v) is 3.77. The van der Waals surface area contributed by atoms with E-state index in [1.165, 1.54) is 0 Å². The zero-order chi connectivity index (χ0) is 14.1. The average molecular weight is 307 g/mol. The topological polar surface area (TPSA) is 26.3 Å². The number of benzene rings is 2. The van der Waals surface area contributed by atoms with Gasteiger partial charge in [0.2, 0.25) is 0 Å². The van der Waals surface area contributed by atoms with Gasteiger partial charge >= 0.3 is 0 Å². The number of hydrogen-bond donors (Lipinski definition) is 0. The first-order valence-corrected chi connectivity index (χ1v) is 7.16. The van der Waals surface area contributed by atoms with E-state index in [1.54, 1.807) is 42.5 Å². The molecule has 4 heteroatoms. The average Bonchev–Trinajstić information content (AvgIpc) is 3.25. The summed E-state index contributed by atoms with van der Waals surface area (Å²) in [4.78, 5) is 12.0. The Labute approximate surface area is 127 Å². The van der Waals surface area contributed by atoms with E-state index in [4.69, 9.17) is 27.9 Å². The van der Waals surface area contributed by atoms with E-state index in [0.29, 0.717) is 27.1 Å². The molecule has 0 aliphatic heterocycles. The van der Waals surface area contributed by atoms with Crippen LogP contribution >= 0.6 is 23.2 Å². The minimum atomic E-state index is 0.132. The first-order valence-electron chi connectivity index (χ1n) is 6.40. The Morgan fingerprint density at radius 3 is 2.25 bits per heavy atom. The van der Waals surface area contributed by atoms with Gasteiger partial charge in [0, 0.05) is 22.6 Å². The molecule has 0 spiro atoms. The molecule has 1 aliphatic rings. The number of Topliss-reactive ketones (excluding diaryl/α,β-unsaturated/α-hetero) is 1. The number of rotatable bonds is 4. The van der Waals surface area contributed by atoms with E-state index < -0.39 is 0 Å². The first-order chi connectivity index (χ1) is 9.63. The fourth-order valence-electron chi connectivity index (χ4n) is 1.96. The maximum Gasteiger partial charge on any atom is 0.167 e. The summed E-state index contributed by atoms with van der Waals surface area (Å²) in [5.74, 6) is 1.57. The van der Waals surface area contributed by atoms with Gasteiger partial charge in [0.1, 0.15) is 11.5 Å². The molecule has 0 bridgehead atoms. The highest BCUT2D eigenvalue weighted by Crippen LogP contribution is 2.36. The molecule has 1 aliphatic carbocycles. The summed E-state index contributed by atoms with van der Waals surface area (Å²) in [5.41, 5.74) is 0.581. The van der Waals surface area contributed by atoms with Gasteiger partial charge in [0.05, 0.1) is 5.02 Å². The van der Waals surface area contributed by atoms with E-state index in [0.717, 1.165) is 12.8 Å². The summed E-state index contributed by atoms with van der Waals surface area (Å²) in [6.45, 7) is 0. The van der Waals surface area contributed by atoms with Crippen molar-refractivity contribution >= 4 is 29.0 Å². The minimum Gasteiger partial charge on any atom is -0.457 e. The SMILES string of the molecule is O=C(c1ccc(Oc2ccc(Cl)cc2)cc1Cl)C1CC1. The normalized spacial score (nSPS) is 14.1. The van der Waals surface area contributed by atoms with Crippen LogP contribution in [0.4, 0.5) is 0 Å². The number of hydrogen-bond acceptors (Lipinski definition) is 2. The molecule has 0 heterocycles. The van der Waals surface area contributed by atoms with Crippen LogP contribution in [0.3, 0.4) is 0 Å². The molecular formula is C16H12Cl2O2. The van der Waals surface area contributed by atoms with Crippen LogP contribution in [0.5, 0.6) is 11.5 Å². The molecule has 0 aromatic heterocycles. The van der Waals surface area contributed by atoms with Gasteiger partial charge in [-0.25, -0.2) is 0 Å². The fraction of sp³-hybridized carbons (Fsp3) is 0.188. The van der Waals surface area contributed by atoms with E-state index in [2.05, 4.69) is 0 Å². The number of ketones is 1. The van der Waals surface area contributed by atoms with Gasteiger partial charge in [0.25, 0.3) is 0 Å². The second-order valence-electron chi connectivity index (χ2n) is 4.84. The third-order valence-electron chi connectivity index (χ3n) is 3.20. The zero-order valence-electron chi connectivity index (χ0n) is 10.6. The van der Waals surface area contributed by atoms with Crippen molar-refractivity contribution in [3.8, 4) is 11.5 Å². The van der Waals surface area contributed by atoms with Crippen molar-refractivity contribution in [2.24, 2.45) is 5.92 Å². The summed E-state index contributed by atoms with van der Waals surface area (Å²) in [7, 11) is 0. The maximum atomic E-state index is 12.0. The second-order valence-corrected chi connectivity index (χ2v) is 5.68. The fourth-order valence-corrected chi connectivity index (χ4v) is 2.35. The molecule has 102 valence electrons.